The van der Waals surface area contributed by atoms with E-state index in [4.69, 9.17) is 0 Å². The van der Waals surface area contributed by atoms with E-state index in [0.29, 0.717) is 3.92 Å². The molecule has 0 fully saturated rings. The number of alkyl halides is 1. The molecule has 0 aliphatic carbocycles. The topological polar surface area (TPSA) is 39.9 Å². The zero-order chi connectivity index (χ0) is 5.98. The zero-order valence-electron chi connectivity index (χ0n) is 4.75. The van der Waals surface area contributed by atoms with Crippen molar-refractivity contribution in [3.8, 4) is 0 Å². The van der Waals surface area contributed by atoms with Gasteiger partial charge in [0.2, 0.25) is 0 Å². The van der Waals surface area contributed by atoms with Crippen LogP contribution in [0.1, 0.15) is 16.5 Å². The van der Waals surface area contributed by atoms with Gasteiger partial charge in [-0.1, -0.05) is 28.8 Å². The first-order valence-electron chi connectivity index (χ1n) is 2.25. The first kappa shape index (κ1) is 9.53. The third-order valence-electron chi connectivity index (χ3n) is 0.809. The fourth-order valence-corrected chi connectivity index (χ4v) is 0.656. The molecule has 3 nitrogen and oxygen atoms in total. The molecular formula is C4H5IN3Re-. The molecule has 0 saturated carbocycles. The van der Waals surface area contributed by atoms with Gasteiger partial charge >= 0.3 is 0 Å². The van der Waals surface area contributed by atoms with E-state index in [2.05, 4.69) is 38.0 Å². The molecule has 0 spiro atoms. The molecule has 0 aliphatic heterocycles. The molecule has 1 heterocycles. The Kier molecular flexibility index (Phi) is 4.62. The molecule has 9 heavy (non-hydrogen) atoms. The Morgan fingerprint density at radius 2 is 2.44 bits per heavy atom. The van der Waals surface area contributed by atoms with Gasteiger partial charge in [-0.25, -0.2) is 0 Å². The predicted molar refractivity (Wildman–Crippen MR) is 37.8 cm³/mol. The van der Waals surface area contributed by atoms with E-state index >= 15 is 0 Å². The van der Waals surface area contributed by atoms with Crippen molar-refractivity contribution in [3.05, 3.63) is 11.9 Å². The van der Waals surface area contributed by atoms with Gasteiger partial charge in [-0.05, 0) is 12.6 Å². The third kappa shape index (κ3) is 2.74. The first-order chi connectivity index (χ1) is 3.80. The van der Waals surface area contributed by atoms with Crippen LogP contribution in [-0.2, 0) is 20.4 Å². The van der Waals surface area contributed by atoms with Crippen LogP contribution in [0.25, 0.3) is 0 Å². The molecule has 1 aromatic rings. The van der Waals surface area contributed by atoms with Gasteiger partial charge < -0.3 is 10.2 Å². The molecule has 0 N–H and O–H groups in total. The van der Waals surface area contributed by atoms with Gasteiger partial charge in [-0.2, -0.15) is 0 Å². The summed E-state index contributed by atoms with van der Waals surface area (Å²) in [5.41, 5.74) is 0.950. The minimum Gasteiger partial charge on any atom is -0.358 e. The van der Waals surface area contributed by atoms with Crippen LogP contribution in [0.5, 0.6) is 0 Å². The van der Waals surface area contributed by atoms with Crippen molar-refractivity contribution in [1.29, 1.82) is 0 Å². The van der Waals surface area contributed by atoms with Gasteiger partial charge in [0.1, 0.15) is 0 Å². The minimum absolute atomic E-state index is 0. The quantitative estimate of drug-likeness (QED) is 0.513. The SMILES string of the molecule is CC(I)c1c[n-]nn1.[Re]. The summed E-state index contributed by atoms with van der Waals surface area (Å²) in [5.74, 6) is 0. The number of halogens is 1. The average molecular weight is 408 g/mol. The second-order valence-corrected chi connectivity index (χ2v) is 3.34. The molecule has 0 amide bonds. The Bertz CT molecular complexity index is 151. The monoisotopic (exact) mass is 409 g/mol. The molecule has 1 radical (unpaired) electrons. The van der Waals surface area contributed by atoms with Gasteiger partial charge in [-0.3, -0.25) is 5.21 Å². The largest absolute Gasteiger partial charge is 0.358 e. The smallest absolute Gasteiger partial charge is 0.0303 e. The van der Waals surface area contributed by atoms with Crippen LogP contribution in [0.4, 0.5) is 0 Å². The maximum Gasteiger partial charge on any atom is 0.0303 e. The molecule has 5 heteroatoms. The van der Waals surface area contributed by atoms with Crippen LogP contribution < -0.4 is 5.10 Å². The predicted octanol–water partition coefficient (Wildman–Crippen LogP) is 0.927. The molecule has 1 atom stereocenters. The molecule has 1 rings (SSSR count). The van der Waals surface area contributed by atoms with Crippen LogP contribution in [0.3, 0.4) is 0 Å². The van der Waals surface area contributed by atoms with E-state index in [-0.39, 0.29) is 20.4 Å². The second-order valence-electron chi connectivity index (χ2n) is 1.47. The molecule has 0 aromatic carbocycles. The van der Waals surface area contributed by atoms with Gasteiger partial charge in [0.05, 0.1) is 0 Å². The Labute approximate surface area is 80.8 Å². The van der Waals surface area contributed by atoms with Gasteiger partial charge in [0, 0.05) is 24.3 Å². The fraction of sp³-hybridized carbons (Fsp3) is 0.500. The normalized spacial score (nSPS) is 12.2. The molecule has 1 aromatic heterocycles. The minimum atomic E-state index is 0. The van der Waals surface area contributed by atoms with Crippen molar-refractivity contribution in [2.45, 2.75) is 10.8 Å². The van der Waals surface area contributed by atoms with Crippen LogP contribution in [0.15, 0.2) is 6.20 Å². The summed E-state index contributed by atoms with van der Waals surface area (Å²) in [5, 5.41) is 10.8. The summed E-state index contributed by atoms with van der Waals surface area (Å²) in [7, 11) is 0. The number of nitrogens with zero attached hydrogens (tertiary/aromatic N) is 3. The third-order valence-corrected chi connectivity index (χ3v) is 1.45. The first-order valence-corrected chi connectivity index (χ1v) is 3.50. The molecular weight excluding hydrogens is 403 g/mol. The van der Waals surface area contributed by atoms with Crippen molar-refractivity contribution < 1.29 is 20.4 Å². The number of aromatic nitrogens is 3. The maximum atomic E-state index is 3.75. The van der Waals surface area contributed by atoms with Gasteiger partial charge in [0.15, 0.2) is 0 Å². The van der Waals surface area contributed by atoms with E-state index in [1.54, 1.807) is 6.20 Å². The Hall–Kier alpha value is 0.532. The Morgan fingerprint density at radius 1 is 1.78 bits per heavy atom. The Morgan fingerprint density at radius 3 is 2.67 bits per heavy atom. The van der Waals surface area contributed by atoms with Gasteiger partial charge in [0.25, 0.3) is 0 Å². The summed E-state index contributed by atoms with van der Waals surface area (Å²) in [6, 6.07) is 0. The Balaban J connectivity index is 0.000000640. The maximum absolute atomic E-state index is 3.75. The van der Waals surface area contributed by atoms with E-state index in [0.717, 1.165) is 5.69 Å². The van der Waals surface area contributed by atoms with Crippen molar-refractivity contribution in [3.63, 3.8) is 0 Å². The summed E-state index contributed by atoms with van der Waals surface area (Å²) in [4.78, 5) is 0. The number of hydrogen-bond donors (Lipinski definition) is 0. The van der Waals surface area contributed by atoms with Crippen LogP contribution in [0.2, 0.25) is 0 Å². The summed E-state index contributed by atoms with van der Waals surface area (Å²) in [6.07, 6.45) is 1.68. The zero-order valence-corrected chi connectivity index (χ0v) is 9.63. The van der Waals surface area contributed by atoms with Crippen LogP contribution >= 0.6 is 22.6 Å². The standard InChI is InChI=1S/C4H5IN3.Re/c1-3(5)4-2-6-8-7-4;/h2-3H,1H3;/q-1;. The van der Waals surface area contributed by atoms with Crippen molar-refractivity contribution in [1.82, 2.24) is 15.4 Å². The molecule has 0 bridgehead atoms. The van der Waals surface area contributed by atoms with Gasteiger partial charge in [-0.15, -0.1) is 0 Å². The molecule has 1 unspecified atom stereocenters. The molecule has 0 aliphatic rings. The van der Waals surface area contributed by atoms with Crippen LogP contribution in [-0.4, -0.2) is 10.3 Å². The van der Waals surface area contributed by atoms with Crippen molar-refractivity contribution in [2.75, 3.05) is 0 Å². The van der Waals surface area contributed by atoms with E-state index in [1.807, 2.05) is 6.92 Å². The molecule has 0 saturated heterocycles. The summed E-state index contributed by atoms with van der Waals surface area (Å²) >= 11 is 2.26. The van der Waals surface area contributed by atoms with Crippen LogP contribution in [0, 0.1) is 0 Å². The van der Waals surface area contributed by atoms with Crippen molar-refractivity contribution in [2.24, 2.45) is 0 Å². The van der Waals surface area contributed by atoms with E-state index in [9.17, 15) is 0 Å². The summed E-state index contributed by atoms with van der Waals surface area (Å²) < 4.78 is 0.419. The molecule has 51 valence electrons. The fourth-order valence-electron chi connectivity index (χ4n) is 0.371. The van der Waals surface area contributed by atoms with E-state index < -0.39 is 0 Å². The van der Waals surface area contributed by atoms with E-state index in [1.165, 1.54) is 0 Å². The second kappa shape index (κ2) is 4.36. The van der Waals surface area contributed by atoms with Crippen molar-refractivity contribution >= 4 is 22.6 Å². The number of hydrogen-bond acceptors (Lipinski definition) is 2. The number of rotatable bonds is 1. The summed E-state index contributed by atoms with van der Waals surface area (Å²) in [6.45, 7) is 2.05. The average Bonchev–Trinajstić information content (AvgIpc) is 2.12.